The van der Waals surface area contributed by atoms with E-state index in [2.05, 4.69) is 15.4 Å². The highest BCUT2D eigenvalue weighted by Crippen LogP contribution is 2.20. The van der Waals surface area contributed by atoms with Crippen molar-refractivity contribution in [3.63, 3.8) is 0 Å². The Morgan fingerprint density at radius 3 is 2.21 bits per heavy atom. The molecule has 33 heavy (non-hydrogen) atoms. The van der Waals surface area contributed by atoms with Crippen LogP contribution in [0, 0.1) is 27.7 Å². The lowest BCUT2D eigenvalue weighted by atomic mass is 10.1. The van der Waals surface area contributed by atoms with Crippen LogP contribution < -0.4 is 15.4 Å². The molecular formula is C24H33N3O5S. The van der Waals surface area contributed by atoms with Crippen molar-refractivity contribution in [1.82, 2.24) is 10.0 Å². The molecule has 9 heteroatoms. The van der Waals surface area contributed by atoms with Crippen molar-refractivity contribution in [2.75, 3.05) is 19.0 Å². The third-order valence-corrected chi connectivity index (χ3v) is 6.90. The number of hydrogen-bond donors (Lipinski definition) is 3. The molecule has 2 aromatic carbocycles. The molecule has 0 saturated carbocycles. The van der Waals surface area contributed by atoms with Crippen molar-refractivity contribution in [3.05, 3.63) is 58.7 Å². The average Bonchev–Trinajstić information content (AvgIpc) is 2.76. The van der Waals surface area contributed by atoms with Crippen molar-refractivity contribution in [2.45, 2.75) is 57.9 Å². The molecule has 0 aromatic heterocycles. The van der Waals surface area contributed by atoms with Gasteiger partial charge in [-0.1, -0.05) is 23.8 Å². The summed E-state index contributed by atoms with van der Waals surface area (Å²) in [5.41, 5.74) is 4.93. The smallest absolute Gasteiger partial charge is 0.323 e. The Kier molecular flexibility index (Phi) is 9.43. The van der Waals surface area contributed by atoms with Crippen molar-refractivity contribution >= 4 is 27.7 Å². The lowest BCUT2D eigenvalue weighted by molar-refractivity contribution is -0.142. The van der Waals surface area contributed by atoms with E-state index < -0.39 is 22.0 Å². The van der Waals surface area contributed by atoms with E-state index in [-0.39, 0.29) is 17.3 Å². The van der Waals surface area contributed by atoms with Crippen LogP contribution in [0.1, 0.15) is 41.5 Å². The summed E-state index contributed by atoms with van der Waals surface area (Å²) in [6.07, 6.45) is 1.33. The van der Waals surface area contributed by atoms with E-state index in [0.29, 0.717) is 19.4 Å². The SMILES string of the molecule is COC(=O)C(CCCCNC(=O)Nc1cc(C)c(C)cc1C)NS(=O)(=O)c1ccc(C)cc1. The Bertz CT molecular complexity index is 1080. The summed E-state index contributed by atoms with van der Waals surface area (Å²) in [6.45, 7) is 8.19. The number of nitrogens with one attached hydrogen (secondary N) is 3. The van der Waals surface area contributed by atoms with Gasteiger partial charge >= 0.3 is 12.0 Å². The van der Waals surface area contributed by atoms with Crippen LogP contribution in [0.5, 0.6) is 0 Å². The number of unbranched alkanes of at least 4 members (excludes halogenated alkanes) is 1. The van der Waals surface area contributed by atoms with Gasteiger partial charge in [-0.25, -0.2) is 13.2 Å². The lowest BCUT2D eigenvalue weighted by Crippen LogP contribution is -2.41. The molecule has 0 aliphatic rings. The van der Waals surface area contributed by atoms with Gasteiger partial charge in [0, 0.05) is 12.2 Å². The number of rotatable bonds is 10. The first kappa shape index (κ1) is 26.3. The van der Waals surface area contributed by atoms with Gasteiger partial charge in [0.05, 0.1) is 12.0 Å². The molecule has 0 saturated heterocycles. The molecular weight excluding hydrogens is 442 g/mol. The summed E-state index contributed by atoms with van der Waals surface area (Å²) in [6, 6.07) is 9.01. The topological polar surface area (TPSA) is 114 Å². The molecule has 3 N–H and O–H groups in total. The van der Waals surface area contributed by atoms with Crippen LogP contribution in [0.2, 0.25) is 0 Å². The van der Waals surface area contributed by atoms with Gasteiger partial charge in [0.2, 0.25) is 10.0 Å². The second kappa shape index (κ2) is 11.8. The van der Waals surface area contributed by atoms with Crippen LogP contribution in [0.15, 0.2) is 41.3 Å². The second-order valence-electron chi connectivity index (χ2n) is 8.14. The summed E-state index contributed by atoms with van der Waals surface area (Å²) in [7, 11) is -2.65. The maximum absolute atomic E-state index is 12.6. The zero-order valence-electron chi connectivity index (χ0n) is 19.8. The van der Waals surface area contributed by atoms with Gasteiger partial charge in [0.25, 0.3) is 0 Å². The second-order valence-corrected chi connectivity index (χ2v) is 9.85. The van der Waals surface area contributed by atoms with Crippen molar-refractivity contribution in [3.8, 4) is 0 Å². The van der Waals surface area contributed by atoms with Gasteiger partial charge in [-0.15, -0.1) is 0 Å². The predicted octanol–water partition coefficient (Wildman–Crippen LogP) is 3.73. The van der Waals surface area contributed by atoms with Crippen LogP contribution in [-0.2, 0) is 19.6 Å². The number of methoxy groups -OCH3 is 1. The highest BCUT2D eigenvalue weighted by molar-refractivity contribution is 7.89. The number of carbonyl (C=O) groups is 2. The van der Waals surface area contributed by atoms with Crippen LogP contribution in [-0.4, -0.2) is 40.1 Å². The monoisotopic (exact) mass is 475 g/mol. The molecule has 0 spiro atoms. The van der Waals surface area contributed by atoms with Gasteiger partial charge in [-0.05, 0) is 81.8 Å². The van der Waals surface area contributed by atoms with Gasteiger partial charge in [0.1, 0.15) is 6.04 Å². The Balaban J connectivity index is 1.84. The molecule has 0 heterocycles. The van der Waals surface area contributed by atoms with Crippen LogP contribution >= 0.6 is 0 Å². The minimum atomic E-state index is -3.86. The van der Waals surface area contributed by atoms with Crippen LogP contribution in [0.3, 0.4) is 0 Å². The Hall–Kier alpha value is -2.91. The van der Waals surface area contributed by atoms with Gasteiger partial charge in [-0.3, -0.25) is 4.79 Å². The highest BCUT2D eigenvalue weighted by Gasteiger charge is 2.26. The zero-order valence-corrected chi connectivity index (χ0v) is 20.6. The molecule has 0 fully saturated rings. The number of benzene rings is 2. The molecule has 8 nitrogen and oxygen atoms in total. The molecule has 2 aromatic rings. The van der Waals surface area contributed by atoms with Crippen molar-refractivity contribution < 1.29 is 22.7 Å². The molecule has 180 valence electrons. The van der Waals surface area contributed by atoms with E-state index >= 15 is 0 Å². The normalized spacial score (nSPS) is 12.2. The van der Waals surface area contributed by atoms with E-state index in [4.69, 9.17) is 4.74 Å². The summed E-state index contributed by atoms with van der Waals surface area (Å²) in [4.78, 5) is 24.4. The standard InChI is InChI=1S/C24H33N3O5S/c1-16-9-11-20(12-10-16)33(30,31)27-21(23(28)32-5)8-6-7-13-25-24(29)26-22-15-18(3)17(2)14-19(22)4/h9-12,14-15,21,27H,6-8,13H2,1-5H3,(H2,25,26,29). The van der Waals surface area contributed by atoms with E-state index in [9.17, 15) is 18.0 Å². The molecule has 0 aliphatic heterocycles. The summed E-state index contributed by atoms with van der Waals surface area (Å²) in [5, 5.41) is 5.63. The zero-order chi connectivity index (χ0) is 24.6. The Morgan fingerprint density at radius 1 is 0.939 bits per heavy atom. The fourth-order valence-electron chi connectivity index (χ4n) is 3.28. The maximum atomic E-state index is 12.6. The minimum Gasteiger partial charge on any atom is -0.468 e. The Labute approximate surface area is 196 Å². The number of urea groups is 1. The number of aryl methyl sites for hydroxylation is 4. The highest BCUT2D eigenvalue weighted by atomic mass is 32.2. The number of sulfonamides is 1. The van der Waals surface area contributed by atoms with Gasteiger partial charge in [0.15, 0.2) is 0 Å². The van der Waals surface area contributed by atoms with Gasteiger partial charge < -0.3 is 15.4 Å². The average molecular weight is 476 g/mol. The quantitative estimate of drug-likeness (QED) is 0.358. The third kappa shape index (κ3) is 7.87. The first-order valence-corrected chi connectivity index (χ1v) is 12.3. The third-order valence-electron chi connectivity index (χ3n) is 5.41. The van der Waals surface area contributed by atoms with Crippen LogP contribution in [0.25, 0.3) is 0 Å². The fraction of sp³-hybridized carbons (Fsp3) is 0.417. The van der Waals surface area contributed by atoms with Crippen molar-refractivity contribution in [2.24, 2.45) is 0 Å². The first-order valence-electron chi connectivity index (χ1n) is 10.8. The number of ether oxygens (including phenoxy) is 1. The number of amides is 2. The van der Waals surface area contributed by atoms with E-state index in [1.165, 1.54) is 19.2 Å². The molecule has 0 aliphatic carbocycles. The van der Waals surface area contributed by atoms with E-state index in [1.807, 2.05) is 39.8 Å². The van der Waals surface area contributed by atoms with E-state index in [0.717, 1.165) is 27.9 Å². The molecule has 2 amide bonds. The predicted molar refractivity (Wildman–Crippen MR) is 129 cm³/mol. The Morgan fingerprint density at radius 2 is 1.58 bits per heavy atom. The molecule has 0 radical (unpaired) electrons. The number of hydrogen-bond acceptors (Lipinski definition) is 5. The number of carbonyl (C=O) groups excluding carboxylic acids is 2. The number of anilines is 1. The fourth-order valence-corrected chi connectivity index (χ4v) is 4.50. The maximum Gasteiger partial charge on any atom is 0.323 e. The molecule has 1 atom stereocenters. The first-order chi connectivity index (χ1) is 15.5. The summed E-state index contributed by atoms with van der Waals surface area (Å²) >= 11 is 0. The lowest BCUT2D eigenvalue weighted by Gasteiger charge is -2.17. The largest absolute Gasteiger partial charge is 0.468 e. The van der Waals surface area contributed by atoms with Crippen LogP contribution in [0.4, 0.5) is 10.5 Å². The molecule has 2 rings (SSSR count). The minimum absolute atomic E-state index is 0.0852. The van der Waals surface area contributed by atoms with Crippen molar-refractivity contribution in [1.29, 1.82) is 0 Å². The van der Waals surface area contributed by atoms with Gasteiger partial charge in [-0.2, -0.15) is 4.72 Å². The molecule has 1 unspecified atom stereocenters. The van der Waals surface area contributed by atoms with E-state index in [1.54, 1.807) is 12.1 Å². The number of esters is 1. The summed E-state index contributed by atoms with van der Waals surface area (Å²) in [5.74, 6) is -0.651. The summed E-state index contributed by atoms with van der Waals surface area (Å²) < 4.78 is 32.4. The molecule has 0 bridgehead atoms.